The lowest BCUT2D eigenvalue weighted by molar-refractivity contribution is 0.0758. The number of aromatic nitrogens is 2. The summed E-state index contributed by atoms with van der Waals surface area (Å²) in [4.78, 5) is 18.7. The van der Waals surface area contributed by atoms with E-state index in [1.54, 1.807) is 12.5 Å². The van der Waals surface area contributed by atoms with Gasteiger partial charge in [0, 0.05) is 25.3 Å². The van der Waals surface area contributed by atoms with Crippen LogP contribution in [0.4, 0.5) is 0 Å². The van der Waals surface area contributed by atoms with E-state index in [0.717, 1.165) is 38.3 Å². The van der Waals surface area contributed by atoms with E-state index in [0.29, 0.717) is 5.69 Å². The van der Waals surface area contributed by atoms with Crippen LogP contribution in [0.1, 0.15) is 16.9 Å². The largest absolute Gasteiger partial charge is 0.336 e. The quantitative estimate of drug-likeness (QED) is 0.895. The number of para-hydroxylation sites is 1. The molecule has 0 radical (unpaired) electrons. The fraction of sp³-hybridized carbons (Fsp3) is 0.333. The van der Waals surface area contributed by atoms with Crippen LogP contribution in [0.15, 0.2) is 42.9 Å². The molecule has 3 rings (SSSR count). The summed E-state index contributed by atoms with van der Waals surface area (Å²) in [5, 5.41) is 3.31. The van der Waals surface area contributed by atoms with Crippen molar-refractivity contribution >= 4 is 5.91 Å². The molecular weight excluding hydrogens is 252 g/mol. The molecule has 104 valence electrons. The first-order valence-corrected chi connectivity index (χ1v) is 6.94. The third-order valence-electron chi connectivity index (χ3n) is 3.52. The number of nitrogens with one attached hydrogen (secondary N) is 1. The topological polar surface area (TPSA) is 50.2 Å². The monoisotopic (exact) mass is 270 g/mol. The molecule has 1 amide bonds. The lowest BCUT2D eigenvalue weighted by Crippen LogP contribution is -2.35. The van der Waals surface area contributed by atoms with Crippen LogP contribution in [0.2, 0.25) is 0 Å². The number of carbonyl (C=O) groups excluding carboxylic acids is 1. The molecule has 0 aliphatic carbocycles. The highest BCUT2D eigenvalue weighted by Crippen LogP contribution is 2.13. The number of amides is 1. The summed E-state index contributed by atoms with van der Waals surface area (Å²) in [6.07, 6.45) is 4.33. The third kappa shape index (κ3) is 2.58. The van der Waals surface area contributed by atoms with Gasteiger partial charge in [0.05, 0.1) is 12.5 Å². The van der Waals surface area contributed by atoms with Crippen LogP contribution in [0.3, 0.4) is 0 Å². The van der Waals surface area contributed by atoms with Gasteiger partial charge in [-0.1, -0.05) is 18.2 Å². The number of rotatable bonds is 2. The molecule has 1 saturated heterocycles. The molecule has 1 aliphatic rings. The molecule has 0 spiro atoms. The molecule has 1 aromatic carbocycles. The summed E-state index contributed by atoms with van der Waals surface area (Å²) < 4.78 is 1.85. The van der Waals surface area contributed by atoms with Crippen LogP contribution in [0, 0.1) is 0 Å². The Morgan fingerprint density at radius 3 is 2.85 bits per heavy atom. The van der Waals surface area contributed by atoms with E-state index >= 15 is 0 Å². The van der Waals surface area contributed by atoms with Crippen molar-refractivity contribution in [2.45, 2.75) is 6.42 Å². The van der Waals surface area contributed by atoms with E-state index in [4.69, 9.17) is 0 Å². The first-order chi connectivity index (χ1) is 9.86. The van der Waals surface area contributed by atoms with Gasteiger partial charge in [0.25, 0.3) is 5.91 Å². The Labute approximate surface area is 118 Å². The number of hydrogen-bond acceptors (Lipinski definition) is 3. The Balaban J connectivity index is 1.87. The Kier molecular flexibility index (Phi) is 3.78. The molecule has 0 atom stereocenters. The highest BCUT2D eigenvalue weighted by Gasteiger charge is 2.20. The molecule has 1 N–H and O–H groups in total. The first kappa shape index (κ1) is 12.9. The van der Waals surface area contributed by atoms with Crippen molar-refractivity contribution < 1.29 is 4.79 Å². The minimum absolute atomic E-state index is 0.0510. The minimum Gasteiger partial charge on any atom is -0.336 e. The summed E-state index contributed by atoms with van der Waals surface area (Å²) in [6, 6.07) is 9.83. The van der Waals surface area contributed by atoms with E-state index in [1.807, 2.05) is 39.8 Å². The SMILES string of the molecule is O=C(c1cncn1-c1ccccc1)N1CCCNCC1. The molecule has 2 heterocycles. The van der Waals surface area contributed by atoms with Crippen LogP contribution >= 0.6 is 0 Å². The molecule has 0 saturated carbocycles. The van der Waals surface area contributed by atoms with Gasteiger partial charge in [0.2, 0.25) is 0 Å². The fourth-order valence-electron chi connectivity index (χ4n) is 2.46. The minimum atomic E-state index is 0.0510. The van der Waals surface area contributed by atoms with Gasteiger partial charge in [-0.05, 0) is 25.1 Å². The zero-order valence-electron chi connectivity index (χ0n) is 11.3. The Morgan fingerprint density at radius 2 is 2.00 bits per heavy atom. The number of carbonyl (C=O) groups is 1. The van der Waals surface area contributed by atoms with Crippen molar-refractivity contribution in [1.82, 2.24) is 19.8 Å². The lowest BCUT2D eigenvalue weighted by Gasteiger charge is -2.20. The fourth-order valence-corrected chi connectivity index (χ4v) is 2.46. The predicted molar refractivity (Wildman–Crippen MR) is 77.0 cm³/mol. The average molecular weight is 270 g/mol. The Hall–Kier alpha value is -2.14. The van der Waals surface area contributed by atoms with Gasteiger partial charge in [-0.3, -0.25) is 9.36 Å². The lowest BCUT2D eigenvalue weighted by atomic mass is 10.3. The molecule has 0 bridgehead atoms. The van der Waals surface area contributed by atoms with E-state index in [9.17, 15) is 4.79 Å². The van der Waals surface area contributed by atoms with Gasteiger partial charge in [-0.15, -0.1) is 0 Å². The summed E-state index contributed by atoms with van der Waals surface area (Å²) in [7, 11) is 0. The van der Waals surface area contributed by atoms with Gasteiger partial charge in [-0.25, -0.2) is 4.98 Å². The molecule has 1 fully saturated rings. The van der Waals surface area contributed by atoms with E-state index in [-0.39, 0.29) is 5.91 Å². The molecule has 1 aromatic heterocycles. The summed E-state index contributed by atoms with van der Waals surface area (Å²) in [5.41, 5.74) is 1.58. The van der Waals surface area contributed by atoms with E-state index < -0.39 is 0 Å². The maximum atomic E-state index is 12.6. The van der Waals surface area contributed by atoms with Crippen molar-refractivity contribution in [2.24, 2.45) is 0 Å². The zero-order valence-corrected chi connectivity index (χ0v) is 11.3. The highest BCUT2D eigenvalue weighted by atomic mass is 16.2. The van der Waals surface area contributed by atoms with Crippen molar-refractivity contribution in [3.8, 4) is 5.69 Å². The van der Waals surface area contributed by atoms with Gasteiger partial charge in [0.15, 0.2) is 0 Å². The Morgan fingerprint density at radius 1 is 1.15 bits per heavy atom. The van der Waals surface area contributed by atoms with Gasteiger partial charge in [-0.2, -0.15) is 0 Å². The number of imidazole rings is 1. The van der Waals surface area contributed by atoms with Crippen LogP contribution in [-0.2, 0) is 0 Å². The van der Waals surface area contributed by atoms with Crippen LogP contribution in [-0.4, -0.2) is 46.5 Å². The number of hydrogen-bond donors (Lipinski definition) is 1. The van der Waals surface area contributed by atoms with Gasteiger partial charge < -0.3 is 10.2 Å². The zero-order chi connectivity index (χ0) is 13.8. The van der Waals surface area contributed by atoms with E-state index in [2.05, 4.69) is 10.3 Å². The van der Waals surface area contributed by atoms with Crippen molar-refractivity contribution in [1.29, 1.82) is 0 Å². The molecule has 20 heavy (non-hydrogen) atoms. The Bertz CT molecular complexity index is 571. The predicted octanol–water partition coefficient (Wildman–Crippen LogP) is 1.31. The molecule has 5 heteroatoms. The number of benzene rings is 1. The van der Waals surface area contributed by atoms with Gasteiger partial charge >= 0.3 is 0 Å². The van der Waals surface area contributed by atoms with Crippen LogP contribution in [0.25, 0.3) is 5.69 Å². The normalized spacial score (nSPS) is 15.9. The molecule has 1 aliphatic heterocycles. The van der Waals surface area contributed by atoms with Crippen LogP contribution < -0.4 is 5.32 Å². The summed E-state index contributed by atoms with van der Waals surface area (Å²) in [5.74, 6) is 0.0510. The molecular formula is C15H18N4O. The summed E-state index contributed by atoms with van der Waals surface area (Å²) >= 11 is 0. The standard InChI is InChI=1S/C15H18N4O/c20-15(18-9-4-7-16-8-10-18)14-11-17-12-19(14)13-5-2-1-3-6-13/h1-3,5-6,11-12,16H,4,7-10H2. The second-order valence-corrected chi connectivity index (χ2v) is 4.88. The van der Waals surface area contributed by atoms with Crippen LogP contribution in [0.5, 0.6) is 0 Å². The smallest absolute Gasteiger partial charge is 0.272 e. The van der Waals surface area contributed by atoms with Crippen molar-refractivity contribution in [3.63, 3.8) is 0 Å². The van der Waals surface area contributed by atoms with E-state index in [1.165, 1.54) is 0 Å². The highest BCUT2D eigenvalue weighted by molar-refractivity contribution is 5.93. The molecule has 2 aromatic rings. The second-order valence-electron chi connectivity index (χ2n) is 4.88. The number of nitrogens with zero attached hydrogens (tertiary/aromatic N) is 3. The van der Waals surface area contributed by atoms with Crippen molar-refractivity contribution in [2.75, 3.05) is 26.2 Å². The maximum Gasteiger partial charge on any atom is 0.272 e. The molecule has 5 nitrogen and oxygen atoms in total. The first-order valence-electron chi connectivity index (χ1n) is 6.94. The maximum absolute atomic E-state index is 12.6. The van der Waals surface area contributed by atoms with Crippen molar-refractivity contribution in [3.05, 3.63) is 48.5 Å². The summed E-state index contributed by atoms with van der Waals surface area (Å²) in [6.45, 7) is 3.37. The molecule has 0 unspecified atom stereocenters. The second kappa shape index (κ2) is 5.88. The van der Waals surface area contributed by atoms with Gasteiger partial charge in [0.1, 0.15) is 5.69 Å². The average Bonchev–Trinajstić information content (AvgIpc) is 2.82. The third-order valence-corrected chi connectivity index (χ3v) is 3.52.